The first-order valence-electron chi connectivity index (χ1n) is 12.3. The molecule has 1 amide bonds. The fourth-order valence-corrected chi connectivity index (χ4v) is 5.70. The molecule has 0 radical (unpaired) electrons. The van der Waals surface area contributed by atoms with Crippen molar-refractivity contribution in [2.75, 3.05) is 39.3 Å². The molecular weight excluding hydrogens is 482 g/mol. The SMILES string of the molecule is CC1CC(C)CN(CCCNC(=O)C2CCCN(Cc3nc(-c4cccc(Br)c4)no3)C2)C1. The smallest absolute Gasteiger partial charge is 0.241 e. The summed E-state index contributed by atoms with van der Waals surface area (Å²) in [5, 5.41) is 7.31. The highest BCUT2D eigenvalue weighted by Crippen LogP contribution is 2.23. The minimum atomic E-state index is 0.0289. The van der Waals surface area contributed by atoms with Crippen LogP contribution < -0.4 is 5.32 Å². The Morgan fingerprint density at radius 3 is 2.82 bits per heavy atom. The molecule has 0 aliphatic carbocycles. The van der Waals surface area contributed by atoms with E-state index in [1.165, 1.54) is 19.5 Å². The number of nitrogens with one attached hydrogen (secondary N) is 1. The molecule has 3 atom stereocenters. The van der Waals surface area contributed by atoms with Crippen molar-refractivity contribution in [2.24, 2.45) is 17.8 Å². The fraction of sp³-hybridized carbons (Fsp3) is 0.640. The fourth-order valence-electron chi connectivity index (χ4n) is 5.30. The van der Waals surface area contributed by atoms with Gasteiger partial charge in [0.25, 0.3) is 0 Å². The van der Waals surface area contributed by atoms with Crippen LogP contribution in [0.2, 0.25) is 0 Å². The number of likely N-dealkylation sites (tertiary alicyclic amines) is 2. The lowest BCUT2D eigenvalue weighted by Gasteiger charge is -2.35. The van der Waals surface area contributed by atoms with Gasteiger partial charge in [0.05, 0.1) is 12.5 Å². The Labute approximate surface area is 205 Å². The maximum atomic E-state index is 12.8. The van der Waals surface area contributed by atoms with E-state index in [1.807, 2.05) is 24.3 Å². The standard InChI is InChI=1S/C25H36BrN5O2/c1-18-12-19(2)15-30(14-18)11-5-9-27-25(32)21-7-4-10-31(16-21)17-23-28-24(29-33-23)20-6-3-8-22(26)13-20/h3,6,8,13,18-19,21H,4-5,7,9-12,14-17H2,1-2H3,(H,27,32). The number of carbonyl (C=O) groups excluding carboxylic acids is 1. The van der Waals surface area contributed by atoms with Crippen LogP contribution in [0, 0.1) is 17.8 Å². The molecule has 0 bridgehead atoms. The second-order valence-electron chi connectivity index (χ2n) is 9.95. The van der Waals surface area contributed by atoms with E-state index in [-0.39, 0.29) is 11.8 Å². The number of amides is 1. The number of hydrogen-bond donors (Lipinski definition) is 1. The molecule has 8 heteroatoms. The minimum absolute atomic E-state index is 0.0289. The maximum Gasteiger partial charge on any atom is 0.241 e. The Balaban J connectivity index is 1.20. The van der Waals surface area contributed by atoms with Crippen LogP contribution in [0.15, 0.2) is 33.3 Å². The largest absolute Gasteiger partial charge is 0.356 e. The number of piperidine rings is 2. The summed E-state index contributed by atoms with van der Waals surface area (Å²) in [6, 6.07) is 7.87. The molecule has 0 saturated carbocycles. The van der Waals surface area contributed by atoms with Crippen molar-refractivity contribution in [2.45, 2.75) is 46.1 Å². The molecule has 7 nitrogen and oxygen atoms in total. The second-order valence-corrected chi connectivity index (χ2v) is 10.9. The van der Waals surface area contributed by atoms with Crippen LogP contribution in [0.3, 0.4) is 0 Å². The summed E-state index contributed by atoms with van der Waals surface area (Å²) in [5.74, 6) is 2.95. The van der Waals surface area contributed by atoms with Crippen molar-refractivity contribution in [1.29, 1.82) is 0 Å². The molecule has 2 fully saturated rings. The summed E-state index contributed by atoms with van der Waals surface area (Å²) in [5.41, 5.74) is 0.920. The number of rotatable bonds is 8. The van der Waals surface area contributed by atoms with Gasteiger partial charge in [-0.15, -0.1) is 0 Å². The predicted molar refractivity (Wildman–Crippen MR) is 132 cm³/mol. The molecular formula is C25H36BrN5O2. The van der Waals surface area contributed by atoms with E-state index in [9.17, 15) is 4.79 Å². The van der Waals surface area contributed by atoms with E-state index in [4.69, 9.17) is 4.52 Å². The Kier molecular flexibility index (Phi) is 8.55. The van der Waals surface area contributed by atoms with Crippen molar-refractivity contribution >= 4 is 21.8 Å². The van der Waals surface area contributed by atoms with Gasteiger partial charge in [-0.2, -0.15) is 4.98 Å². The van der Waals surface area contributed by atoms with E-state index in [2.05, 4.69) is 55.0 Å². The van der Waals surface area contributed by atoms with Crippen molar-refractivity contribution in [3.05, 3.63) is 34.6 Å². The lowest BCUT2D eigenvalue weighted by Crippen LogP contribution is -2.43. The highest BCUT2D eigenvalue weighted by molar-refractivity contribution is 9.10. The number of halogens is 1. The number of aromatic nitrogens is 2. The van der Waals surface area contributed by atoms with Crippen LogP contribution in [0.5, 0.6) is 0 Å². The van der Waals surface area contributed by atoms with Gasteiger partial charge < -0.3 is 14.7 Å². The average molecular weight is 519 g/mol. The quantitative estimate of drug-likeness (QED) is 0.529. The van der Waals surface area contributed by atoms with Gasteiger partial charge in [0.2, 0.25) is 17.6 Å². The van der Waals surface area contributed by atoms with E-state index in [0.717, 1.165) is 67.3 Å². The van der Waals surface area contributed by atoms with E-state index in [0.29, 0.717) is 18.3 Å². The highest BCUT2D eigenvalue weighted by atomic mass is 79.9. The molecule has 1 aromatic carbocycles. The molecule has 2 aliphatic heterocycles. The molecule has 33 heavy (non-hydrogen) atoms. The van der Waals surface area contributed by atoms with Crippen LogP contribution in [0.25, 0.3) is 11.4 Å². The van der Waals surface area contributed by atoms with Gasteiger partial charge in [-0.1, -0.05) is 47.1 Å². The van der Waals surface area contributed by atoms with Crippen LogP contribution in [-0.2, 0) is 11.3 Å². The summed E-state index contributed by atoms with van der Waals surface area (Å²) >= 11 is 3.48. The number of hydrogen-bond acceptors (Lipinski definition) is 6. The summed E-state index contributed by atoms with van der Waals surface area (Å²) in [4.78, 5) is 22.1. The second kappa shape index (κ2) is 11.6. The van der Waals surface area contributed by atoms with E-state index >= 15 is 0 Å². The van der Waals surface area contributed by atoms with Gasteiger partial charge in [-0.25, -0.2) is 0 Å². The minimum Gasteiger partial charge on any atom is -0.356 e. The molecule has 3 unspecified atom stereocenters. The zero-order valence-corrected chi connectivity index (χ0v) is 21.4. The van der Waals surface area contributed by atoms with Crippen LogP contribution in [-0.4, -0.2) is 65.1 Å². The molecule has 2 aliphatic rings. The first kappa shape index (κ1) is 24.4. The number of nitrogens with zero attached hydrogens (tertiary/aromatic N) is 4. The maximum absolute atomic E-state index is 12.8. The normalized spacial score (nSPS) is 24.6. The van der Waals surface area contributed by atoms with Gasteiger partial charge >= 0.3 is 0 Å². The zero-order valence-electron chi connectivity index (χ0n) is 19.8. The summed E-state index contributed by atoms with van der Waals surface area (Å²) in [6.07, 6.45) is 4.30. The zero-order chi connectivity index (χ0) is 23.2. The number of benzene rings is 1. The molecule has 2 aromatic rings. The predicted octanol–water partition coefficient (Wildman–Crippen LogP) is 4.20. The third-order valence-corrected chi connectivity index (χ3v) is 7.17. The monoisotopic (exact) mass is 517 g/mol. The Morgan fingerprint density at radius 1 is 1.21 bits per heavy atom. The highest BCUT2D eigenvalue weighted by Gasteiger charge is 2.27. The van der Waals surface area contributed by atoms with Gasteiger partial charge in [-0.05, 0) is 62.7 Å². The topological polar surface area (TPSA) is 74.5 Å². The van der Waals surface area contributed by atoms with Crippen molar-refractivity contribution in [1.82, 2.24) is 25.3 Å². The van der Waals surface area contributed by atoms with E-state index in [1.54, 1.807) is 0 Å². The third-order valence-electron chi connectivity index (χ3n) is 6.68. The molecule has 1 aromatic heterocycles. The Hall–Kier alpha value is -1.77. The van der Waals surface area contributed by atoms with Gasteiger partial charge in [0, 0.05) is 36.2 Å². The summed E-state index contributed by atoms with van der Waals surface area (Å²) < 4.78 is 6.47. The van der Waals surface area contributed by atoms with Crippen molar-refractivity contribution in [3.8, 4) is 11.4 Å². The first-order valence-corrected chi connectivity index (χ1v) is 13.1. The lowest BCUT2D eigenvalue weighted by atomic mass is 9.92. The van der Waals surface area contributed by atoms with Crippen LogP contribution in [0.1, 0.15) is 45.4 Å². The lowest BCUT2D eigenvalue weighted by molar-refractivity contribution is -0.126. The Bertz CT molecular complexity index is 910. The van der Waals surface area contributed by atoms with Crippen LogP contribution >= 0.6 is 15.9 Å². The summed E-state index contributed by atoms with van der Waals surface area (Å²) in [6.45, 7) is 11.2. The Morgan fingerprint density at radius 2 is 2.03 bits per heavy atom. The molecule has 180 valence electrons. The van der Waals surface area contributed by atoms with Gasteiger partial charge in [0.1, 0.15) is 0 Å². The van der Waals surface area contributed by atoms with Gasteiger partial charge in [0.15, 0.2) is 0 Å². The van der Waals surface area contributed by atoms with E-state index < -0.39 is 0 Å². The molecule has 3 heterocycles. The number of carbonyl (C=O) groups is 1. The summed E-state index contributed by atoms with van der Waals surface area (Å²) in [7, 11) is 0. The third kappa shape index (κ3) is 7.11. The average Bonchev–Trinajstić information content (AvgIpc) is 3.25. The molecule has 1 N–H and O–H groups in total. The first-order chi connectivity index (χ1) is 16.0. The molecule has 0 spiro atoms. The molecule has 4 rings (SSSR count). The van der Waals surface area contributed by atoms with Crippen LogP contribution in [0.4, 0.5) is 0 Å². The van der Waals surface area contributed by atoms with Crippen molar-refractivity contribution < 1.29 is 9.32 Å². The van der Waals surface area contributed by atoms with Gasteiger partial charge in [-0.3, -0.25) is 9.69 Å². The molecule has 2 saturated heterocycles. The van der Waals surface area contributed by atoms with Crippen molar-refractivity contribution in [3.63, 3.8) is 0 Å².